The highest BCUT2D eigenvalue weighted by atomic mass is 32.2. The summed E-state index contributed by atoms with van der Waals surface area (Å²) in [5.74, 6) is 2.34. The summed E-state index contributed by atoms with van der Waals surface area (Å²) in [5.41, 5.74) is 6.86. The number of nitrogen functional groups attached to an aromatic ring is 1. The van der Waals surface area contributed by atoms with E-state index in [9.17, 15) is 23.1 Å². The SMILES string of the molecule is NNC(=O)c1cc(-c2ccc(-c3ccc(-c4cc(CO)on4)cc3)cc2)nc2cc(NS(=O)(=O)CC(=O)O)ncc12. The third-order valence-electron chi connectivity index (χ3n) is 6.05. The molecule has 0 atom stereocenters. The van der Waals surface area contributed by atoms with Gasteiger partial charge in [0.2, 0.25) is 10.0 Å². The Labute approximate surface area is 232 Å². The van der Waals surface area contributed by atoms with E-state index in [1.54, 1.807) is 12.1 Å². The minimum Gasteiger partial charge on any atom is -0.480 e. The number of aliphatic carboxylic acids is 1. The normalized spacial score (nSPS) is 11.4. The quantitative estimate of drug-likeness (QED) is 0.0980. The van der Waals surface area contributed by atoms with Crippen LogP contribution >= 0.6 is 0 Å². The van der Waals surface area contributed by atoms with E-state index < -0.39 is 27.7 Å². The molecule has 0 bridgehead atoms. The lowest BCUT2D eigenvalue weighted by Crippen LogP contribution is -2.30. The molecular formula is C27H22N6O7S. The molecule has 208 valence electrons. The third-order valence-corrected chi connectivity index (χ3v) is 7.20. The Bertz CT molecular complexity index is 1870. The lowest BCUT2D eigenvalue weighted by molar-refractivity contribution is -0.134. The summed E-state index contributed by atoms with van der Waals surface area (Å²) in [6.45, 7) is -0.231. The number of carbonyl (C=O) groups is 2. The van der Waals surface area contributed by atoms with Gasteiger partial charge in [0.05, 0.1) is 16.8 Å². The number of hydrogen-bond acceptors (Lipinski definition) is 10. The van der Waals surface area contributed by atoms with Crippen LogP contribution in [0.1, 0.15) is 16.1 Å². The second-order valence-electron chi connectivity index (χ2n) is 8.86. The third kappa shape index (κ3) is 6.04. The standard InChI is InChI=1S/C27H22N6O7S/c28-31-27(37)20-10-22(30-24-11-25(29-12-21(20)24)33-41(38,39)14-26(35)36)17-5-1-15(2-6-17)16-3-7-18(8-4-16)23-9-19(13-34)40-32-23/h1-12,34H,13-14,28H2,(H,29,33)(H,31,37)(H,35,36). The molecule has 13 nitrogen and oxygen atoms in total. The van der Waals surface area contributed by atoms with Crippen molar-refractivity contribution in [3.8, 4) is 33.6 Å². The molecule has 0 unspecified atom stereocenters. The van der Waals surface area contributed by atoms with Gasteiger partial charge in [-0.25, -0.2) is 24.2 Å². The van der Waals surface area contributed by atoms with Crippen molar-refractivity contribution in [2.24, 2.45) is 5.84 Å². The second-order valence-corrected chi connectivity index (χ2v) is 10.6. The molecule has 0 saturated heterocycles. The number of hydrogen-bond donors (Lipinski definition) is 5. The summed E-state index contributed by atoms with van der Waals surface area (Å²) in [4.78, 5) is 32.0. The Morgan fingerprint density at radius 1 is 0.902 bits per heavy atom. The Hall–Kier alpha value is -5.18. The number of pyridine rings is 2. The van der Waals surface area contributed by atoms with Crippen LogP contribution in [0.4, 0.5) is 5.82 Å². The highest BCUT2D eigenvalue weighted by Gasteiger charge is 2.19. The zero-order valence-corrected chi connectivity index (χ0v) is 21.9. The topological polar surface area (TPSA) is 211 Å². The lowest BCUT2D eigenvalue weighted by atomic mass is 9.99. The van der Waals surface area contributed by atoms with Crippen molar-refractivity contribution < 1.29 is 32.7 Å². The van der Waals surface area contributed by atoms with E-state index in [-0.39, 0.29) is 23.5 Å². The van der Waals surface area contributed by atoms with Gasteiger partial charge in [0.1, 0.15) is 18.1 Å². The van der Waals surface area contributed by atoms with Crippen LogP contribution in [-0.4, -0.2) is 51.4 Å². The number of fused-ring (bicyclic) bond motifs is 1. The predicted molar refractivity (Wildman–Crippen MR) is 149 cm³/mol. The average molecular weight is 575 g/mol. The molecule has 1 amide bonds. The van der Waals surface area contributed by atoms with Gasteiger partial charge in [-0.05, 0) is 17.2 Å². The number of nitrogens with one attached hydrogen (secondary N) is 2. The number of benzene rings is 2. The number of rotatable bonds is 9. The Morgan fingerprint density at radius 2 is 1.51 bits per heavy atom. The molecule has 0 saturated carbocycles. The van der Waals surface area contributed by atoms with Crippen LogP contribution in [0.5, 0.6) is 0 Å². The molecule has 5 rings (SSSR count). The van der Waals surface area contributed by atoms with Crippen molar-refractivity contribution in [3.63, 3.8) is 0 Å². The van der Waals surface area contributed by atoms with E-state index in [1.807, 2.05) is 48.5 Å². The monoisotopic (exact) mass is 574 g/mol. The molecule has 6 N–H and O–H groups in total. The van der Waals surface area contributed by atoms with Crippen LogP contribution in [0.2, 0.25) is 0 Å². The molecule has 2 aromatic carbocycles. The highest BCUT2D eigenvalue weighted by molar-refractivity contribution is 7.93. The van der Waals surface area contributed by atoms with Gasteiger partial charge in [-0.15, -0.1) is 0 Å². The van der Waals surface area contributed by atoms with Crippen LogP contribution in [0.25, 0.3) is 44.5 Å². The number of nitrogens with zero attached hydrogens (tertiary/aromatic N) is 3. The van der Waals surface area contributed by atoms with Gasteiger partial charge in [-0.3, -0.25) is 19.7 Å². The number of carbonyl (C=O) groups excluding carboxylic acids is 1. The first-order chi connectivity index (χ1) is 19.7. The number of amides is 1. The number of carboxylic acids is 1. The van der Waals surface area contributed by atoms with Crippen molar-refractivity contribution in [2.75, 3.05) is 10.5 Å². The molecule has 3 heterocycles. The van der Waals surface area contributed by atoms with E-state index in [0.717, 1.165) is 16.7 Å². The van der Waals surface area contributed by atoms with Crippen LogP contribution in [-0.2, 0) is 21.4 Å². The fourth-order valence-electron chi connectivity index (χ4n) is 4.14. The van der Waals surface area contributed by atoms with Crippen LogP contribution in [0.15, 0.2) is 77.4 Å². The molecule has 0 aliphatic carbocycles. The van der Waals surface area contributed by atoms with Crippen molar-refractivity contribution in [2.45, 2.75) is 6.61 Å². The molecule has 41 heavy (non-hydrogen) atoms. The van der Waals surface area contributed by atoms with Gasteiger partial charge in [0, 0.05) is 34.8 Å². The Kier molecular flexibility index (Phi) is 7.43. The fourth-order valence-corrected chi connectivity index (χ4v) is 4.97. The highest BCUT2D eigenvalue weighted by Crippen LogP contribution is 2.29. The van der Waals surface area contributed by atoms with Gasteiger partial charge in [-0.2, -0.15) is 0 Å². The van der Waals surface area contributed by atoms with E-state index in [4.69, 9.17) is 15.5 Å². The summed E-state index contributed by atoms with van der Waals surface area (Å²) >= 11 is 0. The number of anilines is 1. The number of aromatic nitrogens is 3. The molecule has 0 radical (unpaired) electrons. The number of carboxylic acid groups (broad SMARTS) is 1. The summed E-state index contributed by atoms with van der Waals surface area (Å²) < 4.78 is 31.3. The van der Waals surface area contributed by atoms with Crippen LogP contribution in [0, 0.1) is 0 Å². The number of nitrogens with two attached hydrogens (primary N) is 1. The van der Waals surface area contributed by atoms with Crippen molar-refractivity contribution in [1.82, 2.24) is 20.6 Å². The number of aliphatic hydroxyl groups is 1. The zero-order valence-electron chi connectivity index (χ0n) is 21.1. The maximum Gasteiger partial charge on any atom is 0.320 e. The average Bonchev–Trinajstić information content (AvgIpc) is 3.45. The van der Waals surface area contributed by atoms with Crippen molar-refractivity contribution in [1.29, 1.82) is 0 Å². The molecule has 3 aromatic heterocycles. The summed E-state index contributed by atoms with van der Waals surface area (Å²) in [5, 5.41) is 22.3. The van der Waals surface area contributed by atoms with Gasteiger partial charge >= 0.3 is 5.97 Å². The van der Waals surface area contributed by atoms with E-state index in [0.29, 0.717) is 28.1 Å². The van der Waals surface area contributed by atoms with Crippen LogP contribution in [0.3, 0.4) is 0 Å². The molecule has 0 aliphatic heterocycles. The first-order valence-electron chi connectivity index (χ1n) is 12.0. The van der Waals surface area contributed by atoms with E-state index >= 15 is 0 Å². The Morgan fingerprint density at radius 3 is 2.07 bits per heavy atom. The van der Waals surface area contributed by atoms with Gasteiger partial charge in [-0.1, -0.05) is 53.7 Å². The van der Waals surface area contributed by atoms with Crippen molar-refractivity contribution >= 4 is 38.6 Å². The fraction of sp³-hybridized carbons (Fsp3) is 0.0741. The van der Waals surface area contributed by atoms with Gasteiger partial charge in [0.25, 0.3) is 5.91 Å². The summed E-state index contributed by atoms with van der Waals surface area (Å²) in [6.07, 6.45) is 1.26. The summed E-state index contributed by atoms with van der Waals surface area (Å²) in [7, 11) is -4.20. The van der Waals surface area contributed by atoms with Gasteiger partial charge < -0.3 is 14.7 Å². The number of aliphatic hydroxyl groups excluding tert-OH is 1. The molecular weight excluding hydrogens is 552 g/mol. The molecule has 0 aliphatic rings. The minimum atomic E-state index is -4.20. The maximum absolute atomic E-state index is 12.5. The Balaban J connectivity index is 1.46. The largest absolute Gasteiger partial charge is 0.480 e. The minimum absolute atomic E-state index is 0.153. The number of sulfonamides is 1. The van der Waals surface area contributed by atoms with Crippen molar-refractivity contribution in [3.05, 3.63) is 84.3 Å². The van der Waals surface area contributed by atoms with Crippen LogP contribution < -0.4 is 16.0 Å². The zero-order chi connectivity index (χ0) is 29.1. The molecule has 5 aromatic rings. The molecule has 0 fully saturated rings. The smallest absolute Gasteiger partial charge is 0.320 e. The van der Waals surface area contributed by atoms with Gasteiger partial charge in [0.15, 0.2) is 11.5 Å². The second kappa shape index (κ2) is 11.1. The first kappa shape index (κ1) is 27.4. The number of hydrazine groups is 1. The molecule has 14 heteroatoms. The lowest BCUT2D eigenvalue weighted by Gasteiger charge is -2.11. The first-order valence-corrected chi connectivity index (χ1v) is 13.6. The maximum atomic E-state index is 12.5. The summed E-state index contributed by atoms with van der Waals surface area (Å²) in [6, 6.07) is 19.6. The van der Waals surface area contributed by atoms with E-state index in [2.05, 4.69) is 25.3 Å². The molecule has 0 spiro atoms. The predicted octanol–water partition coefficient (Wildman–Crippen LogP) is 2.54. The van der Waals surface area contributed by atoms with E-state index in [1.165, 1.54) is 12.3 Å².